The molecule has 0 bridgehead atoms. The molecule has 2 aromatic heterocycles. The average Bonchev–Trinajstić information content (AvgIpc) is 3.16. The zero-order valence-corrected chi connectivity index (χ0v) is 13.8. The van der Waals surface area contributed by atoms with Crippen molar-refractivity contribution in [1.82, 2.24) is 15.0 Å². The molecule has 0 radical (unpaired) electrons. The Hall–Kier alpha value is -3.18. The summed E-state index contributed by atoms with van der Waals surface area (Å²) in [5.74, 6) is -2.70. The first-order valence-electron chi connectivity index (χ1n) is 7.69. The van der Waals surface area contributed by atoms with Crippen LogP contribution in [0, 0.1) is 5.92 Å². The van der Waals surface area contributed by atoms with E-state index in [1.54, 1.807) is 18.5 Å². The Kier molecular flexibility index (Phi) is 6.32. The first-order valence-corrected chi connectivity index (χ1v) is 7.69. The summed E-state index contributed by atoms with van der Waals surface area (Å²) in [4.78, 5) is 34.5. The normalized spacial score (nSPS) is 15.0. The number of hydrogen-bond donors (Lipinski definition) is 2. The lowest BCUT2D eigenvalue weighted by Crippen LogP contribution is -2.37. The van der Waals surface area contributed by atoms with Crippen LogP contribution in [0.2, 0.25) is 0 Å². The molecule has 3 heterocycles. The highest BCUT2D eigenvalue weighted by atomic mass is 19.4. The number of aliphatic carboxylic acids is 2. The molecule has 2 aromatic rings. The lowest BCUT2D eigenvalue weighted by Gasteiger charge is -2.30. The minimum atomic E-state index is -5.08. The van der Waals surface area contributed by atoms with E-state index >= 15 is 0 Å². The van der Waals surface area contributed by atoms with Crippen LogP contribution in [0.4, 0.5) is 19.1 Å². The summed E-state index contributed by atoms with van der Waals surface area (Å²) >= 11 is 0. The zero-order valence-electron chi connectivity index (χ0n) is 13.8. The van der Waals surface area contributed by atoms with E-state index in [-0.39, 0.29) is 5.92 Å². The first-order chi connectivity index (χ1) is 12.7. The predicted molar refractivity (Wildman–Crippen MR) is 83.8 cm³/mol. The van der Waals surface area contributed by atoms with E-state index in [1.807, 2.05) is 4.90 Å². The fraction of sp³-hybridized carbons (Fsp3) is 0.400. The number of carbonyl (C=O) groups is 2. The van der Waals surface area contributed by atoms with Crippen LogP contribution in [0.25, 0.3) is 11.6 Å². The Balaban J connectivity index is 0.000000321. The Bertz CT molecular complexity index is 774. The molecule has 9 nitrogen and oxygen atoms in total. The molecule has 1 aliphatic heterocycles. The number of alkyl halides is 3. The summed E-state index contributed by atoms with van der Waals surface area (Å²) in [7, 11) is 0. The van der Waals surface area contributed by atoms with Crippen molar-refractivity contribution in [3.05, 3.63) is 24.7 Å². The number of rotatable bonds is 3. The molecule has 146 valence electrons. The molecular formula is C15H15F3N4O5. The lowest BCUT2D eigenvalue weighted by atomic mass is 9.97. The van der Waals surface area contributed by atoms with Gasteiger partial charge in [-0.3, -0.25) is 4.79 Å². The van der Waals surface area contributed by atoms with E-state index in [0.29, 0.717) is 43.5 Å². The summed E-state index contributed by atoms with van der Waals surface area (Å²) in [5.41, 5.74) is 0.625. The molecule has 0 unspecified atom stereocenters. The second kappa shape index (κ2) is 8.47. The number of halogens is 3. The van der Waals surface area contributed by atoms with E-state index in [4.69, 9.17) is 19.4 Å². The molecule has 0 aromatic carbocycles. The van der Waals surface area contributed by atoms with Crippen molar-refractivity contribution in [2.45, 2.75) is 19.0 Å². The minimum absolute atomic E-state index is 0.263. The Morgan fingerprint density at radius 1 is 1.15 bits per heavy atom. The summed E-state index contributed by atoms with van der Waals surface area (Å²) < 4.78 is 36.9. The highest BCUT2D eigenvalue weighted by Gasteiger charge is 2.38. The third-order valence-electron chi connectivity index (χ3n) is 3.66. The molecule has 12 heteroatoms. The number of nitrogens with zero attached hydrogens (tertiary/aromatic N) is 4. The smallest absolute Gasteiger partial charge is 0.481 e. The molecule has 0 spiro atoms. The zero-order chi connectivity index (χ0) is 20.0. The fourth-order valence-electron chi connectivity index (χ4n) is 2.30. The van der Waals surface area contributed by atoms with Crippen LogP contribution in [0.15, 0.2) is 29.1 Å². The summed E-state index contributed by atoms with van der Waals surface area (Å²) in [6.45, 7) is 1.29. The van der Waals surface area contributed by atoms with Gasteiger partial charge in [-0.05, 0) is 18.9 Å². The topological polar surface area (TPSA) is 130 Å². The van der Waals surface area contributed by atoms with E-state index in [1.165, 1.54) is 6.26 Å². The van der Waals surface area contributed by atoms with Gasteiger partial charge in [-0.1, -0.05) is 0 Å². The Morgan fingerprint density at radius 3 is 2.26 bits per heavy atom. The molecule has 0 saturated carbocycles. The number of carboxylic acids is 2. The summed E-state index contributed by atoms with van der Waals surface area (Å²) in [6.07, 6.45) is 0.861. The maximum absolute atomic E-state index is 10.9. The van der Waals surface area contributed by atoms with Crippen LogP contribution in [0.1, 0.15) is 12.8 Å². The number of oxazole rings is 1. The predicted octanol–water partition coefficient (Wildman–Crippen LogP) is 2.07. The van der Waals surface area contributed by atoms with Crippen LogP contribution >= 0.6 is 0 Å². The van der Waals surface area contributed by atoms with E-state index < -0.39 is 18.1 Å². The highest BCUT2D eigenvalue weighted by molar-refractivity contribution is 5.73. The quantitative estimate of drug-likeness (QED) is 0.811. The minimum Gasteiger partial charge on any atom is -0.481 e. The second-order valence-corrected chi connectivity index (χ2v) is 5.48. The molecule has 3 rings (SSSR count). The van der Waals surface area contributed by atoms with Crippen LogP contribution in [-0.2, 0) is 9.59 Å². The van der Waals surface area contributed by atoms with Gasteiger partial charge in [0.25, 0.3) is 0 Å². The number of piperidine rings is 1. The monoisotopic (exact) mass is 388 g/mol. The van der Waals surface area contributed by atoms with Gasteiger partial charge in [-0.2, -0.15) is 13.2 Å². The van der Waals surface area contributed by atoms with Gasteiger partial charge in [0.1, 0.15) is 12.0 Å². The molecule has 0 amide bonds. The Morgan fingerprint density at radius 2 is 1.78 bits per heavy atom. The highest BCUT2D eigenvalue weighted by Crippen LogP contribution is 2.22. The largest absolute Gasteiger partial charge is 0.490 e. The maximum atomic E-state index is 10.9. The van der Waals surface area contributed by atoms with Crippen LogP contribution < -0.4 is 4.90 Å². The average molecular weight is 388 g/mol. The van der Waals surface area contributed by atoms with Gasteiger partial charge in [0.2, 0.25) is 11.8 Å². The number of anilines is 1. The van der Waals surface area contributed by atoms with Gasteiger partial charge < -0.3 is 19.5 Å². The maximum Gasteiger partial charge on any atom is 0.490 e. The van der Waals surface area contributed by atoms with Crippen molar-refractivity contribution in [1.29, 1.82) is 0 Å². The SMILES string of the molecule is O=C(O)C(F)(F)F.O=C(O)C1CCN(c2nccc(-c3ncco3)n2)CC1. The fourth-order valence-corrected chi connectivity index (χ4v) is 2.30. The van der Waals surface area contributed by atoms with E-state index in [0.717, 1.165) is 0 Å². The van der Waals surface area contributed by atoms with Crippen molar-refractivity contribution in [2.75, 3.05) is 18.0 Å². The standard InChI is InChI=1S/C13H14N4O3.C2HF3O2/c18-12(19)9-2-6-17(7-3-9)13-15-4-1-10(16-13)11-14-5-8-20-11;3-2(4,5)1(6)7/h1,4-5,8-9H,2-3,6-7H2,(H,18,19);(H,6,7). The van der Waals surface area contributed by atoms with Crippen molar-refractivity contribution in [2.24, 2.45) is 5.92 Å². The summed E-state index contributed by atoms with van der Waals surface area (Å²) in [5, 5.41) is 16.1. The van der Waals surface area contributed by atoms with Crippen molar-refractivity contribution in [3.8, 4) is 11.6 Å². The van der Waals surface area contributed by atoms with Crippen LogP contribution in [0.5, 0.6) is 0 Å². The first kappa shape index (κ1) is 20.1. The van der Waals surface area contributed by atoms with Crippen molar-refractivity contribution >= 4 is 17.9 Å². The van der Waals surface area contributed by atoms with Gasteiger partial charge in [0, 0.05) is 19.3 Å². The van der Waals surface area contributed by atoms with Gasteiger partial charge in [0.15, 0.2) is 0 Å². The van der Waals surface area contributed by atoms with Gasteiger partial charge in [-0.15, -0.1) is 0 Å². The van der Waals surface area contributed by atoms with Crippen LogP contribution in [-0.4, -0.2) is 56.4 Å². The van der Waals surface area contributed by atoms with Gasteiger partial charge in [0.05, 0.1) is 12.1 Å². The molecule has 0 atom stereocenters. The van der Waals surface area contributed by atoms with Crippen molar-refractivity contribution < 1.29 is 37.4 Å². The van der Waals surface area contributed by atoms with Crippen molar-refractivity contribution in [3.63, 3.8) is 0 Å². The lowest BCUT2D eigenvalue weighted by molar-refractivity contribution is -0.192. The molecule has 1 aliphatic rings. The molecule has 27 heavy (non-hydrogen) atoms. The van der Waals surface area contributed by atoms with E-state index in [9.17, 15) is 18.0 Å². The molecule has 2 N–H and O–H groups in total. The molecule has 1 saturated heterocycles. The third-order valence-corrected chi connectivity index (χ3v) is 3.66. The molecule has 0 aliphatic carbocycles. The summed E-state index contributed by atoms with van der Waals surface area (Å²) in [6, 6.07) is 1.74. The number of aromatic nitrogens is 3. The van der Waals surface area contributed by atoms with Gasteiger partial charge in [-0.25, -0.2) is 19.7 Å². The number of carboxylic acid groups (broad SMARTS) is 2. The van der Waals surface area contributed by atoms with Gasteiger partial charge >= 0.3 is 18.1 Å². The third kappa shape index (κ3) is 5.66. The second-order valence-electron chi connectivity index (χ2n) is 5.48. The van der Waals surface area contributed by atoms with Crippen LogP contribution in [0.3, 0.4) is 0 Å². The molecule has 1 fully saturated rings. The Labute approximate surface area is 150 Å². The van der Waals surface area contributed by atoms with E-state index in [2.05, 4.69) is 15.0 Å². The molecular weight excluding hydrogens is 373 g/mol. The number of hydrogen-bond acceptors (Lipinski definition) is 7.